The lowest BCUT2D eigenvalue weighted by Gasteiger charge is -2.13. The van der Waals surface area contributed by atoms with E-state index in [1.807, 2.05) is 0 Å². The normalized spacial score (nSPS) is 16.9. The monoisotopic (exact) mass is 199 g/mol. The minimum Gasteiger partial charge on any atom is -0.480 e. The lowest BCUT2D eigenvalue weighted by Crippen LogP contribution is -2.47. The van der Waals surface area contributed by atoms with E-state index in [4.69, 9.17) is 14.8 Å². The number of hydrogen-bond acceptors (Lipinski definition) is 4. The van der Waals surface area contributed by atoms with Crippen LogP contribution in [0.5, 0.6) is 0 Å². The van der Waals surface area contributed by atoms with Crippen LogP contribution in [0.25, 0.3) is 0 Å². The number of aliphatic hydroxyl groups excluding tert-OH is 1. The van der Waals surface area contributed by atoms with E-state index in [-0.39, 0.29) is 0 Å². The average molecular weight is 199 g/mol. The molecule has 0 rings (SSSR count). The quantitative estimate of drug-likeness (QED) is 0.396. The van der Waals surface area contributed by atoms with Crippen molar-refractivity contribution in [1.82, 2.24) is 4.72 Å². The van der Waals surface area contributed by atoms with Crippen LogP contribution in [-0.4, -0.2) is 41.3 Å². The van der Waals surface area contributed by atoms with Gasteiger partial charge >= 0.3 is 16.3 Å². The van der Waals surface area contributed by atoms with Gasteiger partial charge in [0.25, 0.3) is 0 Å². The molecule has 7 nitrogen and oxygen atoms in total. The van der Waals surface area contributed by atoms with Crippen LogP contribution in [0.2, 0.25) is 0 Å². The maximum Gasteiger partial charge on any atom is 0.334 e. The summed E-state index contributed by atoms with van der Waals surface area (Å²) in [6.07, 6.45) is -1.43. The van der Waals surface area contributed by atoms with Crippen LogP contribution in [-0.2, 0) is 15.1 Å². The highest BCUT2D eigenvalue weighted by molar-refractivity contribution is 7.83. The predicted molar refractivity (Wildman–Crippen MR) is 37.8 cm³/mol. The lowest BCUT2D eigenvalue weighted by atomic mass is 10.2. The van der Waals surface area contributed by atoms with Crippen molar-refractivity contribution in [2.75, 3.05) is 0 Å². The first-order valence-corrected chi connectivity index (χ1v) is 4.33. The van der Waals surface area contributed by atoms with Gasteiger partial charge in [-0.25, -0.2) is 0 Å². The molecule has 72 valence electrons. The molecule has 0 saturated carbocycles. The van der Waals surface area contributed by atoms with Crippen LogP contribution in [0, 0.1) is 0 Å². The highest BCUT2D eigenvalue weighted by Crippen LogP contribution is 1.94. The molecule has 0 saturated heterocycles. The topological polar surface area (TPSA) is 124 Å². The Morgan fingerprint density at radius 3 is 2.00 bits per heavy atom. The number of hydrogen-bond donors (Lipinski definition) is 4. The van der Waals surface area contributed by atoms with E-state index in [9.17, 15) is 13.2 Å². The van der Waals surface area contributed by atoms with Crippen molar-refractivity contribution in [3.8, 4) is 0 Å². The maximum atomic E-state index is 10.2. The second kappa shape index (κ2) is 3.81. The van der Waals surface area contributed by atoms with Gasteiger partial charge in [-0.2, -0.15) is 13.1 Å². The molecule has 0 unspecified atom stereocenters. The number of aliphatic carboxylic acids is 1. The van der Waals surface area contributed by atoms with E-state index in [1.54, 1.807) is 0 Å². The van der Waals surface area contributed by atoms with Crippen LogP contribution in [0.15, 0.2) is 0 Å². The van der Waals surface area contributed by atoms with Crippen molar-refractivity contribution >= 4 is 16.3 Å². The van der Waals surface area contributed by atoms with E-state index in [1.165, 1.54) is 4.72 Å². The summed E-state index contributed by atoms with van der Waals surface area (Å²) in [6.45, 7) is 1.08. The molecule has 0 radical (unpaired) electrons. The van der Waals surface area contributed by atoms with E-state index in [0.29, 0.717) is 0 Å². The Kier molecular flexibility index (Phi) is 3.58. The van der Waals surface area contributed by atoms with E-state index in [2.05, 4.69) is 0 Å². The zero-order valence-electron chi connectivity index (χ0n) is 6.13. The average Bonchev–Trinajstić information content (AvgIpc) is 1.79. The second-order valence-corrected chi connectivity index (χ2v) is 3.34. The zero-order chi connectivity index (χ0) is 9.94. The highest BCUT2D eigenvalue weighted by Gasteiger charge is 2.26. The largest absolute Gasteiger partial charge is 0.480 e. The molecule has 8 heteroatoms. The van der Waals surface area contributed by atoms with Gasteiger partial charge < -0.3 is 10.2 Å². The number of nitrogens with one attached hydrogen (secondary N) is 1. The van der Waals surface area contributed by atoms with E-state index < -0.39 is 28.4 Å². The van der Waals surface area contributed by atoms with Crippen molar-refractivity contribution < 1.29 is 28.0 Å². The molecule has 0 aromatic rings. The van der Waals surface area contributed by atoms with Crippen LogP contribution in [0.4, 0.5) is 0 Å². The molecular weight excluding hydrogens is 190 g/mol. The molecular formula is C4H9NO6S. The van der Waals surface area contributed by atoms with Gasteiger partial charge in [0.15, 0.2) is 0 Å². The minimum atomic E-state index is -4.60. The summed E-state index contributed by atoms with van der Waals surface area (Å²) in [5.41, 5.74) is 0. The Bertz CT molecular complexity index is 257. The van der Waals surface area contributed by atoms with Crippen LogP contribution >= 0.6 is 0 Å². The molecule has 0 fully saturated rings. The molecule has 0 amide bonds. The summed E-state index contributed by atoms with van der Waals surface area (Å²) in [4.78, 5) is 10.2. The molecule has 0 heterocycles. The molecule has 0 spiro atoms. The number of carboxylic acids is 1. The van der Waals surface area contributed by atoms with Gasteiger partial charge in [0.1, 0.15) is 6.04 Å². The van der Waals surface area contributed by atoms with Gasteiger partial charge in [-0.05, 0) is 6.92 Å². The van der Waals surface area contributed by atoms with Gasteiger partial charge in [-0.15, -0.1) is 0 Å². The number of carboxylic acid groups (broad SMARTS) is 1. The summed E-state index contributed by atoms with van der Waals surface area (Å²) in [7, 11) is -4.60. The first-order valence-electron chi connectivity index (χ1n) is 2.89. The summed E-state index contributed by atoms with van der Waals surface area (Å²) in [6, 6.07) is -1.74. The zero-order valence-corrected chi connectivity index (χ0v) is 6.95. The third-order valence-corrected chi connectivity index (χ3v) is 1.58. The van der Waals surface area contributed by atoms with E-state index in [0.717, 1.165) is 6.92 Å². The lowest BCUT2D eigenvalue weighted by molar-refractivity contribution is -0.141. The Morgan fingerprint density at radius 2 is 1.92 bits per heavy atom. The molecule has 0 bridgehead atoms. The highest BCUT2D eigenvalue weighted by atomic mass is 32.2. The van der Waals surface area contributed by atoms with Gasteiger partial charge in [-0.1, -0.05) is 0 Å². The molecule has 12 heavy (non-hydrogen) atoms. The molecule has 0 aromatic heterocycles. The Morgan fingerprint density at radius 1 is 1.50 bits per heavy atom. The minimum absolute atomic E-state index is 1.08. The molecule has 4 N–H and O–H groups in total. The Hall–Kier alpha value is -0.700. The van der Waals surface area contributed by atoms with Gasteiger partial charge in [0, 0.05) is 0 Å². The smallest absolute Gasteiger partial charge is 0.334 e. The van der Waals surface area contributed by atoms with E-state index >= 15 is 0 Å². The first kappa shape index (κ1) is 11.3. The molecule has 2 atom stereocenters. The van der Waals surface area contributed by atoms with Gasteiger partial charge in [-0.3, -0.25) is 9.35 Å². The van der Waals surface area contributed by atoms with Crippen molar-refractivity contribution in [2.45, 2.75) is 19.1 Å². The number of carbonyl (C=O) groups is 1. The Balaban J connectivity index is 4.46. The second-order valence-electron chi connectivity index (χ2n) is 2.15. The van der Waals surface area contributed by atoms with Crippen molar-refractivity contribution in [3.63, 3.8) is 0 Å². The fraction of sp³-hybridized carbons (Fsp3) is 0.750. The number of aliphatic hydroxyl groups is 1. The summed E-state index contributed by atoms with van der Waals surface area (Å²) >= 11 is 0. The third kappa shape index (κ3) is 4.23. The maximum absolute atomic E-state index is 10.2. The Labute approximate surface area is 68.9 Å². The molecule has 0 aromatic carbocycles. The summed E-state index contributed by atoms with van der Waals surface area (Å²) in [5, 5.41) is 17.0. The molecule has 0 aliphatic rings. The fourth-order valence-corrected chi connectivity index (χ4v) is 1.13. The standard InChI is InChI=1S/C4H9NO6S/c1-2(6)3(4(7)8)5-12(9,10)11/h2-3,5-6H,1H3,(H,7,8)(H,9,10,11)/t2-,3+/m1/s1. The predicted octanol–water partition coefficient (Wildman–Crippen LogP) is -1.79. The van der Waals surface area contributed by atoms with Gasteiger partial charge in [0.2, 0.25) is 0 Å². The van der Waals surface area contributed by atoms with Crippen LogP contribution in [0.3, 0.4) is 0 Å². The van der Waals surface area contributed by atoms with Gasteiger partial charge in [0.05, 0.1) is 6.10 Å². The van der Waals surface area contributed by atoms with Crippen LogP contribution < -0.4 is 4.72 Å². The van der Waals surface area contributed by atoms with Crippen LogP contribution in [0.1, 0.15) is 6.92 Å². The molecule has 0 aliphatic carbocycles. The molecule has 0 aliphatic heterocycles. The number of rotatable bonds is 4. The van der Waals surface area contributed by atoms with Crippen molar-refractivity contribution in [1.29, 1.82) is 0 Å². The SMILES string of the molecule is C[C@@H](O)[C@H](NS(=O)(=O)O)C(=O)O. The first-order chi connectivity index (χ1) is 5.24. The fourth-order valence-electron chi connectivity index (χ4n) is 0.516. The van der Waals surface area contributed by atoms with Crippen molar-refractivity contribution in [2.24, 2.45) is 0 Å². The summed E-state index contributed by atoms with van der Waals surface area (Å²) < 4.78 is 29.7. The third-order valence-electron chi connectivity index (χ3n) is 1.02. The summed E-state index contributed by atoms with van der Waals surface area (Å²) in [5.74, 6) is -1.57. The van der Waals surface area contributed by atoms with Crippen molar-refractivity contribution in [3.05, 3.63) is 0 Å².